The SMILES string of the molecule is CC1(C)CCC(C#N)(C(O)CCc2ccccc2)CC1. The third kappa shape index (κ3) is 3.41. The number of nitriles is 1. The zero-order chi connectivity index (χ0) is 14.6. The highest BCUT2D eigenvalue weighted by atomic mass is 16.3. The molecule has 1 aliphatic rings. The molecule has 0 amide bonds. The van der Waals surface area contributed by atoms with Gasteiger partial charge in [-0.1, -0.05) is 44.2 Å². The second-order valence-corrected chi connectivity index (χ2v) is 6.97. The summed E-state index contributed by atoms with van der Waals surface area (Å²) in [6, 6.07) is 12.6. The van der Waals surface area contributed by atoms with Gasteiger partial charge in [0.2, 0.25) is 0 Å². The van der Waals surface area contributed by atoms with Gasteiger partial charge in [-0.05, 0) is 49.5 Å². The average Bonchev–Trinajstić information content (AvgIpc) is 2.46. The minimum absolute atomic E-state index is 0.319. The Morgan fingerprint density at radius 1 is 1.15 bits per heavy atom. The van der Waals surface area contributed by atoms with Crippen molar-refractivity contribution in [2.24, 2.45) is 10.8 Å². The van der Waals surface area contributed by atoms with Gasteiger partial charge in [-0.25, -0.2) is 0 Å². The standard InChI is InChI=1S/C18H25NO/c1-17(2)10-12-18(14-19,13-11-17)16(20)9-8-15-6-4-3-5-7-15/h3-7,16,20H,8-13H2,1-2H3. The molecule has 2 heteroatoms. The maximum Gasteiger partial charge on any atom is 0.0832 e. The molecule has 1 aromatic rings. The fraction of sp³-hybridized carbons (Fsp3) is 0.611. The van der Waals surface area contributed by atoms with Crippen LogP contribution in [0.3, 0.4) is 0 Å². The molecule has 0 heterocycles. The van der Waals surface area contributed by atoms with Gasteiger partial charge in [0.15, 0.2) is 0 Å². The lowest BCUT2D eigenvalue weighted by Gasteiger charge is -2.41. The van der Waals surface area contributed by atoms with Crippen LogP contribution in [0.15, 0.2) is 30.3 Å². The molecule has 0 aliphatic heterocycles. The van der Waals surface area contributed by atoms with E-state index in [0.29, 0.717) is 11.8 Å². The first-order chi connectivity index (χ1) is 9.47. The number of aliphatic hydroxyl groups excluding tert-OH is 1. The van der Waals surface area contributed by atoms with Crippen LogP contribution in [0.1, 0.15) is 51.5 Å². The lowest BCUT2D eigenvalue weighted by atomic mass is 9.63. The van der Waals surface area contributed by atoms with Gasteiger partial charge in [-0.2, -0.15) is 5.26 Å². The quantitative estimate of drug-likeness (QED) is 0.896. The number of rotatable bonds is 4. The van der Waals surface area contributed by atoms with Crippen molar-refractivity contribution in [1.82, 2.24) is 0 Å². The first-order valence-corrected chi connectivity index (χ1v) is 7.61. The van der Waals surface area contributed by atoms with E-state index in [1.54, 1.807) is 0 Å². The predicted molar refractivity (Wildman–Crippen MR) is 81.1 cm³/mol. The molecule has 1 aliphatic carbocycles. The molecule has 1 atom stereocenters. The first kappa shape index (κ1) is 15.1. The number of aryl methyl sites for hydroxylation is 1. The van der Waals surface area contributed by atoms with Gasteiger partial charge in [0.25, 0.3) is 0 Å². The average molecular weight is 271 g/mol. The van der Waals surface area contributed by atoms with E-state index in [0.717, 1.165) is 32.1 Å². The monoisotopic (exact) mass is 271 g/mol. The summed E-state index contributed by atoms with van der Waals surface area (Å²) in [5.41, 5.74) is 1.03. The maximum absolute atomic E-state index is 10.5. The Morgan fingerprint density at radius 3 is 2.30 bits per heavy atom. The van der Waals surface area contributed by atoms with Gasteiger partial charge in [-0.15, -0.1) is 0 Å². The van der Waals surface area contributed by atoms with E-state index >= 15 is 0 Å². The minimum Gasteiger partial charge on any atom is -0.391 e. The first-order valence-electron chi connectivity index (χ1n) is 7.61. The fourth-order valence-corrected chi connectivity index (χ4v) is 3.12. The van der Waals surface area contributed by atoms with E-state index in [2.05, 4.69) is 32.0 Å². The molecule has 0 aromatic heterocycles. The van der Waals surface area contributed by atoms with E-state index in [9.17, 15) is 10.4 Å². The highest BCUT2D eigenvalue weighted by molar-refractivity contribution is 5.15. The lowest BCUT2D eigenvalue weighted by Crippen LogP contribution is -2.39. The Kier molecular flexibility index (Phi) is 4.50. The van der Waals surface area contributed by atoms with Crippen molar-refractivity contribution < 1.29 is 5.11 Å². The summed E-state index contributed by atoms with van der Waals surface area (Å²) < 4.78 is 0. The number of hydrogen-bond donors (Lipinski definition) is 1. The van der Waals surface area contributed by atoms with Crippen LogP contribution in [0.4, 0.5) is 0 Å². The normalized spacial score (nSPS) is 21.9. The van der Waals surface area contributed by atoms with Crippen LogP contribution < -0.4 is 0 Å². The van der Waals surface area contributed by atoms with Crippen LogP contribution in [-0.2, 0) is 6.42 Å². The molecule has 0 radical (unpaired) electrons. The van der Waals surface area contributed by atoms with E-state index in [-0.39, 0.29) is 0 Å². The lowest BCUT2D eigenvalue weighted by molar-refractivity contribution is 0.00634. The van der Waals surface area contributed by atoms with Gasteiger partial charge in [0, 0.05) is 0 Å². The molecule has 1 saturated carbocycles. The molecule has 1 aromatic carbocycles. The molecule has 1 unspecified atom stereocenters. The number of nitrogens with zero attached hydrogens (tertiary/aromatic N) is 1. The maximum atomic E-state index is 10.5. The van der Waals surface area contributed by atoms with Gasteiger partial charge in [0.1, 0.15) is 0 Å². The molecule has 0 bridgehead atoms. The Bertz CT molecular complexity index is 462. The summed E-state index contributed by atoms with van der Waals surface area (Å²) in [7, 11) is 0. The predicted octanol–water partition coefficient (Wildman–Crippen LogP) is 4.09. The van der Waals surface area contributed by atoms with Crippen molar-refractivity contribution in [3.05, 3.63) is 35.9 Å². The topological polar surface area (TPSA) is 44.0 Å². The van der Waals surface area contributed by atoms with E-state index in [4.69, 9.17) is 0 Å². The summed E-state index contributed by atoms with van der Waals surface area (Å²) in [5.74, 6) is 0. The van der Waals surface area contributed by atoms with E-state index < -0.39 is 11.5 Å². The van der Waals surface area contributed by atoms with Gasteiger partial charge in [-0.3, -0.25) is 0 Å². The van der Waals surface area contributed by atoms with Crippen molar-refractivity contribution >= 4 is 0 Å². The fourth-order valence-electron chi connectivity index (χ4n) is 3.12. The van der Waals surface area contributed by atoms with Gasteiger partial charge in [0.05, 0.1) is 17.6 Å². The minimum atomic E-state index is -0.524. The Labute approximate surface area is 122 Å². The molecular formula is C18H25NO. The highest BCUT2D eigenvalue weighted by Crippen LogP contribution is 2.47. The Balaban J connectivity index is 1.96. The van der Waals surface area contributed by atoms with Crippen molar-refractivity contribution in [3.8, 4) is 6.07 Å². The van der Waals surface area contributed by atoms with Gasteiger partial charge >= 0.3 is 0 Å². The van der Waals surface area contributed by atoms with Crippen molar-refractivity contribution in [2.75, 3.05) is 0 Å². The summed E-state index contributed by atoms with van der Waals surface area (Å²) in [6.07, 6.45) is 4.72. The van der Waals surface area contributed by atoms with Crippen LogP contribution in [0.5, 0.6) is 0 Å². The Hall–Kier alpha value is -1.33. The molecule has 20 heavy (non-hydrogen) atoms. The molecule has 108 valence electrons. The van der Waals surface area contributed by atoms with Crippen LogP contribution in [-0.4, -0.2) is 11.2 Å². The van der Waals surface area contributed by atoms with Crippen molar-refractivity contribution in [3.63, 3.8) is 0 Å². The molecule has 2 rings (SSSR count). The summed E-state index contributed by atoms with van der Waals surface area (Å²) in [4.78, 5) is 0. The van der Waals surface area contributed by atoms with Crippen LogP contribution >= 0.6 is 0 Å². The van der Waals surface area contributed by atoms with Gasteiger partial charge < -0.3 is 5.11 Å². The van der Waals surface area contributed by atoms with Crippen molar-refractivity contribution in [1.29, 1.82) is 5.26 Å². The second kappa shape index (κ2) is 5.97. The zero-order valence-corrected chi connectivity index (χ0v) is 12.6. The van der Waals surface area contributed by atoms with Crippen LogP contribution in [0.25, 0.3) is 0 Å². The number of aliphatic hydroxyl groups is 1. The molecule has 0 spiro atoms. The Morgan fingerprint density at radius 2 is 1.75 bits per heavy atom. The summed E-state index contributed by atoms with van der Waals surface area (Å²) in [5, 5.41) is 20.1. The molecular weight excluding hydrogens is 246 g/mol. The zero-order valence-electron chi connectivity index (χ0n) is 12.6. The number of benzene rings is 1. The summed E-state index contributed by atoms with van der Waals surface area (Å²) in [6.45, 7) is 4.51. The smallest absolute Gasteiger partial charge is 0.0832 e. The van der Waals surface area contributed by atoms with E-state index in [1.807, 2.05) is 18.2 Å². The summed E-state index contributed by atoms with van der Waals surface area (Å²) >= 11 is 0. The second-order valence-electron chi connectivity index (χ2n) is 6.97. The molecule has 1 fully saturated rings. The molecule has 0 saturated heterocycles. The largest absolute Gasteiger partial charge is 0.391 e. The molecule has 1 N–H and O–H groups in total. The van der Waals surface area contributed by atoms with E-state index in [1.165, 1.54) is 5.56 Å². The highest BCUT2D eigenvalue weighted by Gasteiger charge is 2.43. The third-order valence-corrected chi connectivity index (χ3v) is 4.91. The third-order valence-electron chi connectivity index (χ3n) is 4.91. The van der Waals surface area contributed by atoms with Crippen molar-refractivity contribution in [2.45, 2.75) is 58.5 Å². The molecule has 2 nitrogen and oxygen atoms in total. The van der Waals surface area contributed by atoms with Crippen LogP contribution in [0.2, 0.25) is 0 Å². The van der Waals surface area contributed by atoms with Crippen LogP contribution in [0, 0.1) is 22.2 Å². The number of hydrogen-bond acceptors (Lipinski definition) is 2.